The summed E-state index contributed by atoms with van der Waals surface area (Å²) in [6, 6.07) is 0. The maximum absolute atomic E-state index is 11.7. The second kappa shape index (κ2) is 4.80. The maximum atomic E-state index is 11.7. The topological polar surface area (TPSA) is 75.4 Å². The number of hydrogen-bond donors (Lipinski definition) is 1. The van der Waals surface area contributed by atoms with Crippen LogP contribution in [0.15, 0.2) is 6.20 Å². The number of rotatable bonds is 4. The summed E-state index contributed by atoms with van der Waals surface area (Å²) in [7, 11) is 0. The second-order valence-corrected chi connectivity index (χ2v) is 4.58. The van der Waals surface area contributed by atoms with Crippen LogP contribution in [0.25, 0.3) is 0 Å². The van der Waals surface area contributed by atoms with Crippen LogP contribution in [-0.4, -0.2) is 38.2 Å². The summed E-state index contributed by atoms with van der Waals surface area (Å²) in [5.74, 6) is -1.56. The Hall–Kier alpha value is -1.85. The molecule has 2 heterocycles. The normalized spacial score (nSPS) is 19.6. The first kappa shape index (κ1) is 12.6. The van der Waals surface area contributed by atoms with Gasteiger partial charge in [0.1, 0.15) is 0 Å². The smallest absolute Gasteiger partial charge is 0.308 e. The first-order valence-corrected chi connectivity index (χ1v) is 6.04. The molecule has 1 atom stereocenters. The van der Waals surface area contributed by atoms with Gasteiger partial charge < -0.3 is 10.0 Å². The molecule has 98 valence electrons. The van der Waals surface area contributed by atoms with Gasteiger partial charge in [-0.25, -0.2) is 0 Å². The largest absolute Gasteiger partial charge is 0.481 e. The Morgan fingerprint density at radius 2 is 2.33 bits per heavy atom. The monoisotopic (exact) mass is 251 g/mol. The third-order valence-corrected chi connectivity index (χ3v) is 3.43. The van der Waals surface area contributed by atoms with Crippen molar-refractivity contribution >= 4 is 11.9 Å². The molecule has 1 aliphatic rings. The van der Waals surface area contributed by atoms with E-state index in [0.717, 1.165) is 17.8 Å². The van der Waals surface area contributed by atoms with Gasteiger partial charge in [-0.3, -0.25) is 14.3 Å². The summed E-state index contributed by atoms with van der Waals surface area (Å²) >= 11 is 0. The molecule has 1 saturated heterocycles. The lowest BCUT2D eigenvalue weighted by Gasteiger charge is -2.15. The first-order chi connectivity index (χ1) is 8.52. The number of likely N-dealkylation sites (tertiary alicyclic amines) is 1. The van der Waals surface area contributed by atoms with Gasteiger partial charge in [0.2, 0.25) is 5.91 Å². The molecule has 1 unspecified atom stereocenters. The van der Waals surface area contributed by atoms with Gasteiger partial charge in [0.15, 0.2) is 0 Å². The molecule has 0 bridgehead atoms. The Morgan fingerprint density at radius 3 is 2.83 bits per heavy atom. The SMILES string of the molecule is CCn1ncc(CN2CC(C(=O)O)CC2=O)c1C. The predicted molar refractivity (Wildman–Crippen MR) is 63.8 cm³/mol. The molecule has 6 nitrogen and oxygen atoms in total. The highest BCUT2D eigenvalue weighted by molar-refractivity contribution is 5.86. The van der Waals surface area contributed by atoms with Crippen LogP contribution in [0.3, 0.4) is 0 Å². The fourth-order valence-electron chi connectivity index (χ4n) is 2.26. The van der Waals surface area contributed by atoms with Crippen molar-refractivity contribution in [2.45, 2.75) is 33.4 Å². The summed E-state index contributed by atoms with van der Waals surface area (Å²) in [5.41, 5.74) is 2.01. The average molecular weight is 251 g/mol. The second-order valence-electron chi connectivity index (χ2n) is 4.58. The average Bonchev–Trinajstić information content (AvgIpc) is 2.85. The van der Waals surface area contributed by atoms with Crippen LogP contribution in [0.1, 0.15) is 24.6 Å². The number of carbonyl (C=O) groups is 2. The number of aryl methyl sites for hydroxylation is 1. The lowest BCUT2D eigenvalue weighted by Crippen LogP contribution is -2.26. The maximum Gasteiger partial charge on any atom is 0.308 e. The fourth-order valence-corrected chi connectivity index (χ4v) is 2.26. The van der Waals surface area contributed by atoms with E-state index in [1.165, 1.54) is 0 Å². The minimum atomic E-state index is -0.896. The molecule has 2 rings (SSSR count). The quantitative estimate of drug-likeness (QED) is 0.852. The summed E-state index contributed by atoms with van der Waals surface area (Å²) in [4.78, 5) is 24.2. The minimum Gasteiger partial charge on any atom is -0.481 e. The Morgan fingerprint density at radius 1 is 1.61 bits per heavy atom. The number of aliphatic carboxylic acids is 1. The molecule has 0 aromatic carbocycles. The van der Waals surface area contributed by atoms with Crippen LogP contribution in [-0.2, 0) is 22.7 Å². The molecule has 18 heavy (non-hydrogen) atoms. The summed E-state index contributed by atoms with van der Waals surface area (Å²) in [6.45, 7) is 5.50. The minimum absolute atomic E-state index is 0.0916. The summed E-state index contributed by atoms with van der Waals surface area (Å²) in [6.07, 6.45) is 1.86. The zero-order chi connectivity index (χ0) is 13.3. The van der Waals surface area contributed by atoms with Crippen molar-refractivity contribution in [1.82, 2.24) is 14.7 Å². The standard InChI is InChI=1S/C12H17N3O3/c1-3-15-8(2)10(5-13-15)7-14-6-9(12(17)18)4-11(14)16/h5,9H,3-4,6-7H2,1-2H3,(H,17,18). The van der Waals surface area contributed by atoms with Gasteiger partial charge in [-0.05, 0) is 13.8 Å². The first-order valence-electron chi connectivity index (χ1n) is 6.04. The van der Waals surface area contributed by atoms with E-state index >= 15 is 0 Å². The van der Waals surface area contributed by atoms with E-state index in [-0.39, 0.29) is 12.3 Å². The van der Waals surface area contributed by atoms with Gasteiger partial charge in [-0.2, -0.15) is 5.10 Å². The molecule has 0 saturated carbocycles. The molecular formula is C12H17N3O3. The molecule has 1 aliphatic heterocycles. The van der Waals surface area contributed by atoms with Gasteiger partial charge >= 0.3 is 5.97 Å². The van der Waals surface area contributed by atoms with Crippen molar-refractivity contribution in [2.75, 3.05) is 6.54 Å². The molecule has 0 spiro atoms. The lowest BCUT2D eigenvalue weighted by molar-refractivity contribution is -0.141. The number of carboxylic acid groups (broad SMARTS) is 1. The highest BCUT2D eigenvalue weighted by Crippen LogP contribution is 2.21. The van der Waals surface area contributed by atoms with E-state index in [1.807, 2.05) is 18.5 Å². The van der Waals surface area contributed by atoms with E-state index in [4.69, 9.17) is 5.11 Å². The molecule has 1 aromatic rings. The number of amides is 1. The Kier molecular flexibility index (Phi) is 3.36. The lowest BCUT2D eigenvalue weighted by atomic mass is 10.1. The Bertz CT molecular complexity index is 481. The van der Waals surface area contributed by atoms with E-state index in [1.54, 1.807) is 11.1 Å². The summed E-state index contributed by atoms with van der Waals surface area (Å²) < 4.78 is 1.87. The van der Waals surface area contributed by atoms with Crippen LogP contribution < -0.4 is 0 Å². The van der Waals surface area contributed by atoms with Gasteiger partial charge in [0.25, 0.3) is 0 Å². The number of carbonyl (C=O) groups excluding carboxylic acids is 1. The van der Waals surface area contributed by atoms with E-state index in [9.17, 15) is 9.59 Å². The van der Waals surface area contributed by atoms with Gasteiger partial charge in [-0.1, -0.05) is 0 Å². The fraction of sp³-hybridized carbons (Fsp3) is 0.583. The number of nitrogens with zero attached hydrogens (tertiary/aromatic N) is 3. The van der Waals surface area contributed by atoms with Crippen molar-refractivity contribution in [1.29, 1.82) is 0 Å². The van der Waals surface area contributed by atoms with Crippen LogP contribution in [0, 0.1) is 12.8 Å². The molecule has 0 aliphatic carbocycles. The van der Waals surface area contributed by atoms with Crippen molar-refractivity contribution < 1.29 is 14.7 Å². The molecule has 1 N–H and O–H groups in total. The van der Waals surface area contributed by atoms with Crippen LogP contribution in [0.4, 0.5) is 0 Å². The Labute approximate surface area is 105 Å². The molecule has 0 radical (unpaired) electrons. The molecule has 6 heteroatoms. The number of hydrogen-bond acceptors (Lipinski definition) is 3. The van der Waals surface area contributed by atoms with E-state index in [0.29, 0.717) is 13.1 Å². The molecule has 1 amide bonds. The zero-order valence-corrected chi connectivity index (χ0v) is 10.6. The number of aromatic nitrogens is 2. The van der Waals surface area contributed by atoms with Crippen molar-refractivity contribution in [3.05, 3.63) is 17.5 Å². The zero-order valence-electron chi connectivity index (χ0n) is 10.6. The van der Waals surface area contributed by atoms with Gasteiger partial charge in [0.05, 0.1) is 12.1 Å². The predicted octanol–water partition coefficient (Wildman–Crippen LogP) is 0.645. The third kappa shape index (κ3) is 2.23. The molecule has 1 aromatic heterocycles. The van der Waals surface area contributed by atoms with Crippen molar-refractivity contribution in [2.24, 2.45) is 5.92 Å². The third-order valence-electron chi connectivity index (χ3n) is 3.43. The van der Waals surface area contributed by atoms with E-state index in [2.05, 4.69) is 5.10 Å². The van der Waals surface area contributed by atoms with Gasteiger partial charge in [0, 0.05) is 37.3 Å². The Balaban J connectivity index is 2.08. The van der Waals surface area contributed by atoms with Gasteiger partial charge in [-0.15, -0.1) is 0 Å². The highest BCUT2D eigenvalue weighted by atomic mass is 16.4. The van der Waals surface area contributed by atoms with Crippen molar-refractivity contribution in [3.8, 4) is 0 Å². The van der Waals surface area contributed by atoms with Crippen LogP contribution in [0.2, 0.25) is 0 Å². The highest BCUT2D eigenvalue weighted by Gasteiger charge is 2.34. The van der Waals surface area contributed by atoms with Crippen LogP contribution >= 0.6 is 0 Å². The van der Waals surface area contributed by atoms with E-state index < -0.39 is 11.9 Å². The van der Waals surface area contributed by atoms with Crippen molar-refractivity contribution in [3.63, 3.8) is 0 Å². The number of carboxylic acids is 1. The molecular weight excluding hydrogens is 234 g/mol. The summed E-state index contributed by atoms with van der Waals surface area (Å²) in [5, 5.41) is 13.1. The van der Waals surface area contributed by atoms with Crippen LogP contribution in [0.5, 0.6) is 0 Å². The molecule has 1 fully saturated rings.